The van der Waals surface area contributed by atoms with Gasteiger partial charge in [0.15, 0.2) is 0 Å². The number of anilines is 1. The zero-order valence-corrected chi connectivity index (χ0v) is 15.2. The quantitative estimate of drug-likeness (QED) is 0.900. The van der Waals surface area contributed by atoms with Crippen LogP contribution in [0.1, 0.15) is 22.9 Å². The van der Waals surface area contributed by atoms with Gasteiger partial charge in [-0.05, 0) is 43.2 Å². The van der Waals surface area contributed by atoms with Crippen LogP contribution in [0, 0.1) is 13.8 Å². The van der Waals surface area contributed by atoms with E-state index in [-0.39, 0.29) is 10.1 Å². The van der Waals surface area contributed by atoms with Crippen LogP contribution in [0.5, 0.6) is 0 Å². The average Bonchev–Trinajstić information content (AvgIpc) is 2.96. The van der Waals surface area contributed by atoms with E-state index in [1.807, 2.05) is 32.0 Å². The number of carbonyl (C=O) groups is 1. The molecule has 0 aliphatic heterocycles. The molecule has 0 saturated heterocycles. The lowest BCUT2D eigenvalue weighted by atomic mass is 10.1. The molecule has 1 N–H and O–H groups in total. The molecule has 2 aromatic rings. The minimum Gasteiger partial charge on any atom is -0.351 e. The molecule has 124 valence electrons. The molecular weight excluding hydrogens is 332 g/mol. The van der Waals surface area contributed by atoms with Crippen molar-refractivity contribution in [2.45, 2.75) is 31.5 Å². The maximum absolute atomic E-state index is 12.8. The molecule has 0 bridgehead atoms. The molecule has 1 heterocycles. The summed E-state index contributed by atoms with van der Waals surface area (Å²) in [5.74, 6) is -0.143. The zero-order valence-electron chi connectivity index (χ0n) is 13.6. The summed E-state index contributed by atoms with van der Waals surface area (Å²) in [6, 6.07) is 9.03. The van der Waals surface area contributed by atoms with Gasteiger partial charge in [0.1, 0.15) is 4.21 Å². The van der Waals surface area contributed by atoms with Gasteiger partial charge in [0, 0.05) is 18.8 Å². The smallest absolute Gasteiger partial charge is 0.273 e. The maximum Gasteiger partial charge on any atom is 0.273 e. The van der Waals surface area contributed by atoms with Crippen LogP contribution >= 0.6 is 11.3 Å². The van der Waals surface area contributed by atoms with E-state index in [4.69, 9.17) is 0 Å². The van der Waals surface area contributed by atoms with E-state index in [1.54, 1.807) is 19.2 Å². The highest BCUT2D eigenvalue weighted by Gasteiger charge is 2.24. The lowest BCUT2D eigenvalue weighted by Gasteiger charge is -2.21. The van der Waals surface area contributed by atoms with Crippen molar-refractivity contribution in [3.63, 3.8) is 0 Å². The van der Waals surface area contributed by atoms with E-state index in [0.717, 1.165) is 16.0 Å². The monoisotopic (exact) mass is 352 g/mol. The van der Waals surface area contributed by atoms with Crippen molar-refractivity contribution in [1.82, 2.24) is 5.32 Å². The van der Waals surface area contributed by atoms with Gasteiger partial charge in [-0.1, -0.05) is 12.1 Å². The van der Waals surface area contributed by atoms with Crippen molar-refractivity contribution in [3.05, 3.63) is 46.3 Å². The first-order valence-electron chi connectivity index (χ1n) is 7.11. The van der Waals surface area contributed by atoms with Crippen LogP contribution in [0.15, 0.2) is 34.5 Å². The van der Waals surface area contributed by atoms with E-state index in [0.29, 0.717) is 12.2 Å². The lowest BCUT2D eigenvalue weighted by molar-refractivity contribution is -0.119. The summed E-state index contributed by atoms with van der Waals surface area (Å²) in [5, 5.41) is 2.67. The molecule has 23 heavy (non-hydrogen) atoms. The van der Waals surface area contributed by atoms with E-state index < -0.39 is 10.0 Å². The summed E-state index contributed by atoms with van der Waals surface area (Å²) in [7, 11) is -2.05. The van der Waals surface area contributed by atoms with Crippen LogP contribution in [-0.4, -0.2) is 21.4 Å². The van der Waals surface area contributed by atoms with Crippen molar-refractivity contribution in [3.8, 4) is 0 Å². The van der Waals surface area contributed by atoms with Crippen molar-refractivity contribution in [2.75, 3.05) is 11.4 Å². The van der Waals surface area contributed by atoms with Crippen LogP contribution in [0.2, 0.25) is 0 Å². The Morgan fingerprint density at radius 2 is 1.91 bits per heavy atom. The van der Waals surface area contributed by atoms with Gasteiger partial charge in [-0.15, -0.1) is 11.3 Å². The average molecular weight is 352 g/mol. The molecule has 1 amide bonds. The summed E-state index contributed by atoms with van der Waals surface area (Å²) < 4.78 is 27.2. The lowest BCUT2D eigenvalue weighted by Crippen LogP contribution is -2.26. The second-order valence-electron chi connectivity index (χ2n) is 5.39. The van der Waals surface area contributed by atoms with Crippen LogP contribution in [0.4, 0.5) is 5.69 Å². The summed E-state index contributed by atoms with van der Waals surface area (Å²) in [5.41, 5.74) is 2.57. The van der Waals surface area contributed by atoms with Gasteiger partial charge in [0.2, 0.25) is 5.91 Å². The Morgan fingerprint density at radius 3 is 2.57 bits per heavy atom. The fourth-order valence-corrected chi connectivity index (χ4v) is 4.84. The standard InChI is InChI=1S/C16H20N2O3S2/c1-11-5-6-12(2)15(9-11)18(4)23(20,21)16-8-7-14(22-16)10-17-13(3)19/h5-9H,10H2,1-4H3,(H,17,19). The molecule has 2 rings (SSSR count). The molecule has 7 heteroatoms. The maximum atomic E-state index is 12.8. The second-order valence-corrected chi connectivity index (χ2v) is 8.76. The first kappa shape index (κ1) is 17.5. The number of thiophene rings is 1. The van der Waals surface area contributed by atoms with Crippen molar-refractivity contribution < 1.29 is 13.2 Å². The summed E-state index contributed by atoms with van der Waals surface area (Å²) in [6.07, 6.45) is 0. The minimum absolute atomic E-state index is 0.143. The fraction of sp³-hybridized carbons (Fsp3) is 0.312. The summed E-state index contributed by atoms with van der Waals surface area (Å²) >= 11 is 1.17. The molecule has 0 atom stereocenters. The van der Waals surface area contributed by atoms with Crippen molar-refractivity contribution in [1.29, 1.82) is 0 Å². The molecule has 0 aliphatic rings. The molecule has 0 spiro atoms. The molecule has 5 nitrogen and oxygen atoms in total. The van der Waals surface area contributed by atoms with Crippen LogP contribution in [-0.2, 0) is 21.4 Å². The Balaban J connectivity index is 2.30. The third-order valence-electron chi connectivity index (χ3n) is 3.47. The minimum atomic E-state index is -3.61. The normalized spacial score (nSPS) is 11.3. The summed E-state index contributed by atoms with van der Waals surface area (Å²) in [6.45, 7) is 5.58. The number of benzene rings is 1. The Kier molecular flexibility index (Phi) is 5.11. The highest BCUT2D eigenvalue weighted by atomic mass is 32.2. The first-order chi connectivity index (χ1) is 10.7. The number of hydrogen-bond acceptors (Lipinski definition) is 4. The molecule has 0 aliphatic carbocycles. The number of hydrogen-bond donors (Lipinski definition) is 1. The predicted molar refractivity (Wildman–Crippen MR) is 93.3 cm³/mol. The number of carbonyl (C=O) groups excluding carboxylic acids is 1. The Morgan fingerprint density at radius 1 is 1.22 bits per heavy atom. The number of aryl methyl sites for hydroxylation is 2. The molecule has 0 unspecified atom stereocenters. The van der Waals surface area contributed by atoms with E-state index >= 15 is 0 Å². The number of sulfonamides is 1. The van der Waals surface area contributed by atoms with Gasteiger partial charge in [-0.3, -0.25) is 9.10 Å². The van der Waals surface area contributed by atoms with E-state index in [9.17, 15) is 13.2 Å². The molecule has 0 saturated carbocycles. The highest BCUT2D eigenvalue weighted by Crippen LogP contribution is 2.29. The van der Waals surface area contributed by atoms with E-state index in [1.165, 1.54) is 22.6 Å². The Bertz CT molecular complexity index is 826. The van der Waals surface area contributed by atoms with Crippen LogP contribution < -0.4 is 9.62 Å². The molecule has 1 aromatic carbocycles. The van der Waals surface area contributed by atoms with E-state index in [2.05, 4.69) is 5.32 Å². The molecular formula is C16H20N2O3S2. The second kappa shape index (κ2) is 6.72. The van der Waals surface area contributed by atoms with Gasteiger partial charge in [0.05, 0.1) is 12.2 Å². The van der Waals surface area contributed by atoms with Gasteiger partial charge in [0.25, 0.3) is 10.0 Å². The Labute approximate surface area is 141 Å². The predicted octanol–water partition coefficient (Wildman–Crippen LogP) is 2.83. The number of rotatable bonds is 5. The molecule has 0 fully saturated rings. The topological polar surface area (TPSA) is 66.5 Å². The Hall–Kier alpha value is -1.86. The number of nitrogens with zero attached hydrogens (tertiary/aromatic N) is 1. The van der Waals surface area contributed by atoms with Gasteiger partial charge >= 0.3 is 0 Å². The summed E-state index contributed by atoms with van der Waals surface area (Å²) in [4.78, 5) is 11.7. The highest BCUT2D eigenvalue weighted by molar-refractivity contribution is 7.94. The molecule has 0 radical (unpaired) electrons. The van der Waals surface area contributed by atoms with Gasteiger partial charge in [-0.2, -0.15) is 0 Å². The largest absolute Gasteiger partial charge is 0.351 e. The fourth-order valence-electron chi connectivity index (χ4n) is 2.13. The van der Waals surface area contributed by atoms with Crippen LogP contribution in [0.3, 0.4) is 0 Å². The van der Waals surface area contributed by atoms with Crippen molar-refractivity contribution in [2.24, 2.45) is 0 Å². The third-order valence-corrected chi connectivity index (χ3v) is 6.79. The number of nitrogens with one attached hydrogen (secondary N) is 1. The first-order valence-corrected chi connectivity index (χ1v) is 9.37. The number of amides is 1. The third kappa shape index (κ3) is 3.92. The van der Waals surface area contributed by atoms with Gasteiger partial charge < -0.3 is 5.32 Å². The van der Waals surface area contributed by atoms with Gasteiger partial charge in [-0.25, -0.2) is 8.42 Å². The van der Waals surface area contributed by atoms with Crippen molar-refractivity contribution >= 4 is 33.0 Å². The zero-order chi connectivity index (χ0) is 17.2. The van der Waals surface area contributed by atoms with Crippen LogP contribution in [0.25, 0.3) is 0 Å². The molecule has 1 aromatic heterocycles. The SMILES string of the molecule is CC(=O)NCc1ccc(S(=O)(=O)N(C)c2cc(C)ccc2C)s1.